The Morgan fingerprint density at radius 1 is 0.583 bits per heavy atom. The van der Waals surface area contributed by atoms with E-state index < -0.39 is 40.1 Å². The molecule has 0 heterocycles. The summed E-state index contributed by atoms with van der Waals surface area (Å²) in [6.45, 7) is 0. The van der Waals surface area contributed by atoms with E-state index in [1.165, 1.54) is 48.5 Å². The normalized spacial score (nSPS) is 12.1. The van der Waals surface area contributed by atoms with Crippen LogP contribution in [-0.2, 0) is 15.6 Å². The monoisotopic (exact) mass is 493 g/mol. The maximum atomic E-state index is 14.0. The molecule has 0 saturated carbocycles. The van der Waals surface area contributed by atoms with E-state index in [9.17, 15) is 32.7 Å². The molecule has 0 bridgehead atoms. The Labute approximate surface area is 203 Å². The lowest BCUT2D eigenvalue weighted by molar-refractivity contribution is -0.143. The van der Waals surface area contributed by atoms with Crippen LogP contribution in [-0.4, -0.2) is 22.5 Å². The molecular weight excluding hydrogens is 474 g/mol. The fourth-order valence-electron chi connectivity index (χ4n) is 4.80. The summed E-state index contributed by atoms with van der Waals surface area (Å²) in [5, 5.41) is 24.1. The van der Waals surface area contributed by atoms with Crippen molar-refractivity contribution in [1.82, 2.24) is 0 Å². The third-order valence-electron chi connectivity index (χ3n) is 6.32. The standard InChI is InChI=1S/C28H19F4NO3/c29-22-9-1-18(2-10-22)27(17-33-36,19-3-11-23(30)12-4-19)28(26(34)35,20-5-13-24(31)14-6-20)21-7-15-25(32)16-8-21/h1-17,36H,(H,34,35). The number of hydrogen-bond acceptors (Lipinski definition) is 3. The van der Waals surface area contributed by atoms with Crippen molar-refractivity contribution in [2.24, 2.45) is 5.16 Å². The molecule has 4 aromatic rings. The molecule has 0 aliphatic rings. The minimum absolute atomic E-state index is 0.0385. The molecule has 36 heavy (non-hydrogen) atoms. The lowest BCUT2D eigenvalue weighted by Crippen LogP contribution is -2.57. The van der Waals surface area contributed by atoms with Gasteiger partial charge in [0.25, 0.3) is 0 Å². The molecular formula is C28H19F4NO3. The Hall–Kier alpha value is -4.46. The molecule has 0 aromatic heterocycles. The predicted molar refractivity (Wildman–Crippen MR) is 125 cm³/mol. The zero-order valence-corrected chi connectivity index (χ0v) is 18.6. The second kappa shape index (κ2) is 9.65. The van der Waals surface area contributed by atoms with E-state index in [0.717, 1.165) is 54.7 Å². The van der Waals surface area contributed by atoms with Crippen molar-refractivity contribution in [2.45, 2.75) is 10.8 Å². The predicted octanol–water partition coefficient (Wildman–Crippen LogP) is 6.06. The van der Waals surface area contributed by atoms with Crippen LogP contribution >= 0.6 is 0 Å². The van der Waals surface area contributed by atoms with Gasteiger partial charge in [-0.1, -0.05) is 48.5 Å². The van der Waals surface area contributed by atoms with Gasteiger partial charge in [0.15, 0.2) is 0 Å². The molecule has 182 valence electrons. The maximum Gasteiger partial charge on any atom is 0.320 e. The van der Waals surface area contributed by atoms with E-state index in [-0.39, 0.29) is 22.3 Å². The van der Waals surface area contributed by atoms with Crippen molar-refractivity contribution in [3.05, 3.63) is 143 Å². The molecule has 0 radical (unpaired) electrons. The minimum atomic E-state index is -2.24. The van der Waals surface area contributed by atoms with Crippen LogP contribution in [0.1, 0.15) is 22.3 Å². The second-order valence-electron chi connectivity index (χ2n) is 8.14. The highest BCUT2D eigenvalue weighted by atomic mass is 19.1. The van der Waals surface area contributed by atoms with Crippen molar-refractivity contribution in [3.63, 3.8) is 0 Å². The first kappa shape index (κ1) is 24.7. The zero-order chi connectivity index (χ0) is 25.9. The van der Waals surface area contributed by atoms with Gasteiger partial charge in [0.1, 0.15) is 28.7 Å². The van der Waals surface area contributed by atoms with Gasteiger partial charge in [0.05, 0.1) is 11.6 Å². The summed E-state index contributed by atoms with van der Waals surface area (Å²) in [4.78, 5) is 13.5. The van der Waals surface area contributed by atoms with E-state index in [0.29, 0.717) is 0 Å². The lowest BCUT2D eigenvalue weighted by atomic mass is 9.52. The van der Waals surface area contributed by atoms with Gasteiger partial charge < -0.3 is 10.3 Å². The highest BCUT2D eigenvalue weighted by Crippen LogP contribution is 2.52. The first-order chi connectivity index (χ1) is 17.3. The number of halogens is 4. The van der Waals surface area contributed by atoms with Gasteiger partial charge in [-0.15, -0.1) is 5.16 Å². The summed E-state index contributed by atoms with van der Waals surface area (Å²) < 4.78 is 55.9. The van der Waals surface area contributed by atoms with Crippen LogP contribution in [0.15, 0.2) is 102 Å². The fourth-order valence-corrected chi connectivity index (χ4v) is 4.80. The van der Waals surface area contributed by atoms with E-state index in [1.54, 1.807) is 0 Å². The van der Waals surface area contributed by atoms with Crippen LogP contribution in [0, 0.1) is 23.3 Å². The highest BCUT2D eigenvalue weighted by molar-refractivity contribution is 5.99. The van der Waals surface area contributed by atoms with E-state index in [2.05, 4.69) is 5.16 Å². The van der Waals surface area contributed by atoms with E-state index in [4.69, 9.17) is 0 Å². The lowest BCUT2D eigenvalue weighted by Gasteiger charge is -2.47. The fraction of sp³-hybridized carbons (Fsp3) is 0.0714. The molecule has 4 rings (SSSR count). The van der Waals surface area contributed by atoms with Gasteiger partial charge in [0.2, 0.25) is 0 Å². The number of carbonyl (C=O) groups is 1. The summed E-state index contributed by atoms with van der Waals surface area (Å²) in [5.74, 6) is -3.98. The summed E-state index contributed by atoms with van der Waals surface area (Å²) in [6.07, 6.45) is 0.953. The molecule has 0 atom stereocenters. The molecule has 8 heteroatoms. The van der Waals surface area contributed by atoms with Crippen LogP contribution in [0.3, 0.4) is 0 Å². The molecule has 0 aliphatic heterocycles. The Balaban J connectivity index is 2.28. The Kier molecular flexibility index (Phi) is 6.61. The van der Waals surface area contributed by atoms with Crippen molar-refractivity contribution < 1.29 is 32.7 Å². The van der Waals surface area contributed by atoms with Gasteiger partial charge in [-0.05, 0) is 70.8 Å². The molecule has 0 spiro atoms. The molecule has 4 aromatic carbocycles. The number of nitrogens with zero attached hydrogens (tertiary/aromatic N) is 1. The third-order valence-corrected chi connectivity index (χ3v) is 6.32. The second-order valence-corrected chi connectivity index (χ2v) is 8.14. The van der Waals surface area contributed by atoms with Gasteiger partial charge >= 0.3 is 5.97 Å². The third kappa shape index (κ3) is 3.90. The van der Waals surface area contributed by atoms with Crippen LogP contribution < -0.4 is 0 Å². The molecule has 4 nitrogen and oxygen atoms in total. The van der Waals surface area contributed by atoms with Gasteiger partial charge in [-0.3, -0.25) is 4.79 Å². The Morgan fingerprint density at radius 3 is 1.11 bits per heavy atom. The largest absolute Gasteiger partial charge is 0.480 e. The number of hydrogen-bond donors (Lipinski definition) is 2. The van der Waals surface area contributed by atoms with Crippen LogP contribution in [0.4, 0.5) is 17.6 Å². The molecule has 0 amide bonds. The van der Waals surface area contributed by atoms with Crippen LogP contribution in [0.2, 0.25) is 0 Å². The minimum Gasteiger partial charge on any atom is -0.480 e. The highest BCUT2D eigenvalue weighted by Gasteiger charge is 2.60. The van der Waals surface area contributed by atoms with Gasteiger partial charge in [-0.25, -0.2) is 17.6 Å². The number of benzene rings is 4. The van der Waals surface area contributed by atoms with Gasteiger partial charge in [-0.2, -0.15) is 0 Å². The van der Waals surface area contributed by atoms with E-state index in [1.807, 2.05) is 0 Å². The summed E-state index contributed by atoms with van der Waals surface area (Å²) in [5.41, 5.74) is -3.82. The van der Waals surface area contributed by atoms with Crippen molar-refractivity contribution >= 4 is 12.2 Å². The number of rotatable bonds is 7. The average Bonchev–Trinajstić information content (AvgIpc) is 2.86. The first-order valence-corrected chi connectivity index (χ1v) is 10.7. The summed E-state index contributed by atoms with van der Waals surface area (Å²) >= 11 is 0. The van der Waals surface area contributed by atoms with E-state index >= 15 is 0 Å². The zero-order valence-electron chi connectivity index (χ0n) is 18.6. The van der Waals surface area contributed by atoms with Crippen LogP contribution in [0.25, 0.3) is 0 Å². The smallest absolute Gasteiger partial charge is 0.320 e. The topological polar surface area (TPSA) is 69.9 Å². The van der Waals surface area contributed by atoms with Crippen molar-refractivity contribution in [3.8, 4) is 0 Å². The van der Waals surface area contributed by atoms with Crippen LogP contribution in [0.5, 0.6) is 0 Å². The number of aliphatic carboxylic acids is 1. The quantitative estimate of drug-likeness (QED) is 0.142. The number of oxime groups is 1. The maximum absolute atomic E-state index is 14.0. The molecule has 2 N–H and O–H groups in total. The van der Waals surface area contributed by atoms with Crippen molar-refractivity contribution in [1.29, 1.82) is 0 Å². The number of carboxylic acids is 1. The van der Waals surface area contributed by atoms with Gasteiger partial charge in [0, 0.05) is 0 Å². The molecule has 0 fully saturated rings. The molecule has 0 aliphatic carbocycles. The van der Waals surface area contributed by atoms with Crippen molar-refractivity contribution in [2.75, 3.05) is 0 Å². The number of carboxylic acid groups (broad SMARTS) is 1. The SMILES string of the molecule is O=C(O)C(c1ccc(F)cc1)(c1ccc(F)cc1)C(C=NO)(c1ccc(F)cc1)c1ccc(F)cc1. The summed E-state index contributed by atoms with van der Waals surface area (Å²) in [6, 6.07) is 18.9. The Morgan fingerprint density at radius 2 is 0.861 bits per heavy atom. The molecule has 0 saturated heterocycles. The Bertz CT molecular complexity index is 1290. The average molecular weight is 493 g/mol. The summed E-state index contributed by atoms with van der Waals surface area (Å²) in [7, 11) is 0. The molecule has 0 unspecified atom stereocenters. The first-order valence-electron chi connectivity index (χ1n) is 10.7.